The second-order valence-electron chi connectivity index (χ2n) is 5.59. The van der Waals surface area contributed by atoms with Crippen molar-refractivity contribution in [3.63, 3.8) is 0 Å². The highest BCUT2D eigenvalue weighted by atomic mass is 32.2. The van der Waals surface area contributed by atoms with Gasteiger partial charge in [-0.15, -0.1) is 0 Å². The van der Waals surface area contributed by atoms with E-state index < -0.39 is 34.1 Å². The zero-order chi connectivity index (χ0) is 16.3. The Morgan fingerprint density at radius 2 is 1.95 bits per heavy atom. The summed E-state index contributed by atoms with van der Waals surface area (Å²) in [6, 6.07) is 0. The molecular weight excluding hydrogens is 332 g/mol. The van der Waals surface area contributed by atoms with Gasteiger partial charge in [-0.2, -0.15) is 0 Å². The van der Waals surface area contributed by atoms with Gasteiger partial charge in [-0.1, -0.05) is 12.2 Å². The molecule has 124 valence electrons. The summed E-state index contributed by atoms with van der Waals surface area (Å²) in [6.45, 7) is 0. The van der Waals surface area contributed by atoms with E-state index in [0.29, 0.717) is 43.3 Å². The smallest absolute Gasteiger partial charge is 0.311 e. The SMILES string of the molecule is O=C(O)C1C=CC(CC2(SO)CCC(SO)O2)CC1C(=O)O. The molecule has 1 aliphatic carbocycles. The fraction of sp³-hybridized carbons (Fsp3) is 0.692. The van der Waals surface area contributed by atoms with Gasteiger partial charge in [0.05, 0.1) is 11.8 Å². The first kappa shape index (κ1) is 17.6. The predicted molar refractivity (Wildman–Crippen MR) is 81.4 cm³/mol. The van der Waals surface area contributed by atoms with Crippen molar-refractivity contribution in [2.45, 2.75) is 36.1 Å². The Kier molecular flexibility index (Phi) is 5.78. The first-order valence-corrected chi connectivity index (χ1v) is 8.46. The highest BCUT2D eigenvalue weighted by molar-refractivity contribution is 7.95. The van der Waals surface area contributed by atoms with E-state index in [9.17, 15) is 19.2 Å². The van der Waals surface area contributed by atoms with Gasteiger partial charge in [0, 0.05) is 24.1 Å². The van der Waals surface area contributed by atoms with E-state index in [-0.39, 0.29) is 12.3 Å². The summed E-state index contributed by atoms with van der Waals surface area (Å²) in [4.78, 5) is 21.5. The Balaban J connectivity index is 2.08. The molecule has 2 aliphatic rings. The minimum atomic E-state index is -1.15. The molecule has 0 aromatic heterocycles. The lowest BCUT2D eigenvalue weighted by Gasteiger charge is -2.32. The molecular formula is C13H18O7S2. The summed E-state index contributed by atoms with van der Waals surface area (Å²) >= 11 is 1.15. The zero-order valence-electron chi connectivity index (χ0n) is 11.6. The highest BCUT2D eigenvalue weighted by Crippen LogP contribution is 2.47. The summed E-state index contributed by atoms with van der Waals surface area (Å²) in [5, 5.41) is 18.3. The van der Waals surface area contributed by atoms with Crippen molar-refractivity contribution in [2.75, 3.05) is 0 Å². The number of allylic oxidation sites excluding steroid dienone is 1. The van der Waals surface area contributed by atoms with Gasteiger partial charge in [-0.05, 0) is 31.6 Å². The van der Waals surface area contributed by atoms with Crippen LogP contribution in [0.1, 0.15) is 25.7 Å². The standard InChI is InChI=1S/C13H18O7S2/c14-11(15)8-2-1-7(5-9(8)12(16)17)6-13(22-19)4-3-10(20-13)21-18/h1-2,7-10,18-19H,3-6H2,(H,14,15)(H,16,17). The maximum absolute atomic E-state index is 11.3. The first-order valence-electron chi connectivity index (χ1n) is 6.85. The number of aliphatic carboxylic acids is 2. The van der Waals surface area contributed by atoms with Crippen LogP contribution in [0.3, 0.4) is 0 Å². The number of rotatable bonds is 6. The average Bonchev–Trinajstić information content (AvgIpc) is 2.91. The van der Waals surface area contributed by atoms with E-state index in [2.05, 4.69) is 0 Å². The van der Waals surface area contributed by atoms with E-state index in [0.717, 1.165) is 0 Å². The number of hydrogen-bond acceptors (Lipinski definition) is 7. The lowest BCUT2D eigenvalue weighted by molar-refractivity contribution is -0.152. The lowest BCUT2D eigenvalue weighted by Crippen LogP contribution is -2.35. The minimum absolute atomic E-state index is 0.186. The second kappa shape index (κ2) is 7.22. The van der Waals surface area contributed by atoms with Gasteiger partial charge in [0.1, 0.15) is 10.4 Å². The molecule has 0 amide bonds. The average molecular weight is 350 g/mol. The third-order valence-corrected chi connectivity index (χ3v) is 5.51. The van der Waals surface area contributed by atoms with Crippen LogP contribution in [0.5, 0.6) is 0 Å². The van der Waals surface area contributed by atoms with Crippen LogP contribution in [0.4, 0.5) is 0 Å². The van der Waals surface area contributed by atoms with Crippen molar-refractivity contribution in [1.29, 1.82) is 0 Å². The van der Waals surface area contributed by atoms with Crippen LogP contribution in [0.2, 0.25) is 0 Å². The summed E-state index contributed by atoms with van der Waals surface area (Å²) in [5.74, 6) is -4.50. The van der Waals surface area contributed by atoms with Crippen molar-refractivity contribution in [2.24, 2.45) is 17.8 Å². The van der Waals surface area contributed by atoms with E-state index >= 15 is 0 Å². The third-order valence-electron chi connectivity index (χ3n) is 4.15. The fourth-order valence-electron chi connectivity index (χ4n) is 3.05. The van der Waals surface area contributed by atoms with Gasteiger partial charge >= 0.3 is 11.9 Å². The molecule has 7 nitrogen and oxygen atoms in total. The molecule has 1 fully saturated rings. The lowest BCUT2D eigenvalue weighted by atomic mass is 9.77. The van der Waals surface area contributed by atoms with Crippen LogP contribution in [0.25, 0.3) is 0 Å². The molecule has 2 rings (SSSR count). The fourth-order valence-corrected chi connectivity index (χ4v) is 4.21. The molecule has 0 aromatic rings. The molecule has 1 aliphatic heterocycles. The van der Waals surface area contributed by atoms with Gasteiger partial charge < -0.3 is 24.1 Å². The number of carbonyl (C=O) groups is 2. The predicted octanol–water partition coefficient (Wildman–Crippen LogP) is 2.60. The molecule has 0 spiro atoms. The summed E-state index contributed by atoms with van der Waals surface area (Å²) in [7, 11) is 0. The number of carboxylic acids is 2. The molecule has 4 N–H and O–H groups in total. The molecule has 9 heteroatoms. The van der Waals surface area contributed by atoms with Crippen molar-refractivity contribution in [1.82, 2.24) is 0 Å². The van der Waals surface area contributed by atoms with Crippen molar-refractivity contribution >= 4 is 36.0 Å². The van der Waals surface area contributed by atoms with Crippen molar-refractivity contribution in [3.05, 3.63) is 12.2 Å². The molecule has 22 heavy (non-hydrogen) atoms. The number of hydrogen-bond donors (Lipinski definition) is 4. The van der Waals surface area contributed by atoms with Crippen LogP contribution in [-0.2, 0) is 14.3 Å². The topological polar surface area (TPSA) is 124 Å². The Hall–Kier alpha value is -0.740. The van der Waals surface area contributed by atoms with Gasteiger partial charge in [-0.3, -0.25) is 9.59 Å². The molecule has 0 aromatic carbocycles. The van der Waals surface area contributed by atoms with Gasteiger partial charge in [0.15, 0.2) is 0 Å². The number of ether oxygens (including phenoxy) is 1. The Bertz CT molecular complexity index is 469. The zero-order valence-corrected chi connectivity index (χ0v) is 13.3. The van der Waals surface area contributed by atoms with Crippen LogP contribution in [0.15, 0.2) is 12.2 Å². The molecule has 0 saturated carbocycles. The maximum Gasteiger partial charge on any atom is 0.311 e. The molecule has 1 heterocycles. The molecule has 0 bridgehead atoms. The van der Waals surface area contributed by atoms with Crippen LogP contribution < -0.4 is 0 Å². The van der Waals surface area contributed by atoms with Crippen LogP contribution in [-0.4, -0.2) is 41.6 Å². The van der Waals surface area contributed by atoms with E-state index in [4.69, 9.17) is 14.4 Å². The summed E-state index contributed by atoms with van der Waals surface area (Å²) in [5.41, 5.74) is -0.408. The maximum atomic E-state index is 11.3. The van der Waals surface area contributed by atoms with Gasteiger partial charge in [0.25, 0.3) is 0 Å². The van der Waals surface area contributed by atoms with Gasteiger partial charge in [-0.25, -0.2) is 0 Å². The minimum Gasteiger partial charge on any atom is -0.481 e. The van der Waals surface area contributed by atoms with Crippen LogP contribution >= 0.6 is 24.1 Å². The summed E-state index contributed by atoms with van der Waals surface area (Å²) in [6.07, 6.45) is 4.79. The van der Waals surface area contributed by atoms with E-state index in [1.807, 2.05) is 0 Å². The van der Waals surface area contributed by atoms with E-state index in [1.54, 1.807) is 6.08 Å². The molecule has 5 unspecified atom stereocenters. The number of carboxylic acid groups (broad SMARTS) is 2. The first-order chi connectivity index (χ1) is 10.4. The monoisotopic (exact) mass is 350 g/mol. The third kappa shape index (κ3) is 3.77. The second-order valence-corrected chi connectivity index (χ2v) is 7.25. The summed E-state index contributed by atoms with van der Waals surface area (Å²) < 4.78 is 24.2. The van der Waals surface area contributed by atoms with Crippen molar-refractivity contribution < 1.29 is 33.6 Å². The molecule has 5 atom stereocenters. The normalized spacial score (nSPS) is 38.1. The Morgan fingerprint density at radius 1 is 1.23 bits per heavy atom. The quantitative estimate of drug-likeness (QED) is 0.422. The van der Waals surface area contributed by atoms with Gasteiger partial charge in [0.2, 0.25) is 0 Å². The van der Waals surface area contributed by atoms with Crippen molar-refractivity contribution in [3.8, 4) is 0 Å². The molecule has 0 radical (unpaired) electrons. The highest BCUT2D eigenvalue weighted by Gasteiger charge is 2.45. The Morgan fingerprint density at radius 3 is 2.45 bits per heavy atom. The van der Waals surface area contributed by atoms with Crippen LogP contribution in [0, 0.1) is 17.8 Å². The molecule has 1 saturated heterocycles. The van der Waals surface area contributed by atoms with E-state index in [1.165, 1.54) is 6.08 Å². The Labute approximate surface area is 136 Å². The largest absolute Gasteiger partial charge is 0.481 e.